The maximum absolute atomic E-state index is 14.9. The van der Waals surface area contributed by atoms with Crippen molar-refractivity contribution >= 4 is 27.3 Å². The van der Waals surface area contributed by atoms with Crippen LogP contribution in [0, 0.1) is 29.2 Å². The molecule has 2 N–H and O–H groups in total. The molecule has 0 spiro atoms. The maximum Gasteiger partial charge on any atom is 0.241 e. The minimum absolute atomic E-state index is 0.0213. The minimum atomic E-state index is -4.34. The lowest BCUT2D eigenvalue weighted by atomic mass is 9.95. The molecule has 1 amide bonds. The van der Waals surface area contributed by atoms with Gasteiger partial charge in [-0.15, -0.1) is 0 Å². The van der Waals surface area contributed by atoms with Gasteiger partial charge in [-0.05, 0) is 54.8 Å². The molecule has 0 saturated carbocycles. The van der Waals surface area contributed by atoms with Gasteiger partial charge in [-0.25, -0.2) is 31.1 Å². The number of nitrogens with zero attached hydrogens (tertiary/aromatic N) is 2. The van der Waals surface area contributed by atoms with Crippen LogP contribution in [0.2, 0.25) is 0 Å². The van der Waals surface area contributed by atoms with E-state index in [9.17, 15) is 30.8 Å². The van der Waals surface area contributed by atoms with Gasteiger partial charge in [0.15, 0.2) is 0 Å². The second-order valence-electron chi connectivity index (χ2n) is 9.09. The van der Waals surface area contributed by atoms with Crippen LogP contribution >= 0.6 is 0 Å². The molecule has 0 radical (unpaired) electrons. The van der Waals surface area contributed by atoms with E-state index in [1.807, 2.05) is 0 Å². The Bertz CT molecular complexity index is 1480. The van der Waals surface area contributed by atoms with Gasteiger partial charge < -0.3 is 9.80 Å². The van der Waals surface area contributed by atoms with E-state index in [1.54, 1.807) is 13.0 Å². The Morgan fingerprint density at radius 3 is 2.19 bits per heavy atom. The molecule has 11 heteroatoms. The number of benzene rings is 3. The van der Waals surface area contributed by atoms with Crippen LogP contribution in [0.15, 0.2) is 53.4 Å². The first kappa shape index (κ1) is 24.3. The quantitative estimate of drug-likeness (QED) is 0.529. The summed E-state index contributed by atoms with van der Waals surface area (Å²) in [6.45, 7) is 1.78. The van der Waals surface area contributed by atoms with Crippen molar-refractivity contribution in [3.63, 3.8) is 0 Å². The van der Waals surface area contributed by atoms with Gasteiger partial charge in [-0.3, -0.25) is 4.79 Å². The average molecular weight is 520 g/mol. The van der Waals surface area contributed by atoms with E-state index < -0.39 is 44.1 Å². The molecule has 1 saturated heterocycles. The summed E-state index contributed by atoms with van der Waals surface area (Å²) in [7, 11) is -4.34. The van der Waals surface area contributed by atoms with E-state index >= 15 is 0 Å². The number of nitrogens with two attached hydrogens (primary N) is 1. The van der Waals surface area contributed by atoms with Crippen LogP contribution in [0.4, 0.5) is 28.9 Å². The SMILES string of the molecule is C[C@@H]1Cc2cc(F)c(S(N)(=O)=O)cc2N1C(=O)C1CN(c2c(F)cc(-c3ccccc3F)cc2F)C1. The summed E-state index contributed by atoms with van der Waals surface area (Å²) in [6.07, 6.45) is 0.320. The van der Waals surface area contributed by atoms with Crippen LogP contribution in [-0.4, -0.2) is 33.5 Å². The van der Waals surface area contributed by atoms with E-state index in [-0.39, 0.29) is 47.5 Å². The molecule has 3 aromatic rings. The number of hydrogen-bond acceptors (Lipinski definition) is 4. The number of amides is 1. The number of carbonyl (C=O) groups is 1. The topological polar surface area (TPSA) is 83.7 Å². The van der Waals surface area contributed by atoms with Crippen LogP contribution in [-0.2, 0) is 21.2 Å². The fourth-order valence-electron chi connectivity index (χ4n) is 4.91. The van der Waals surface area contributed by atoms with Gasteiger partial charge in [0, 0.05) is 30.4 Å². The zero-order valence-electron chi connectivity index (χ0n) is 19.0. The van der Waals surface area contributed by atoms with Crippen molar-refractivity contribution in [2.24, 2.45) is 11.1 Å². The first-order valence-electron chi connectivity index (χ1n) is 11.1. The lowest BCUT2D eigenvalue weighted by Gasteiger charge is -2.42. The second kappa shape index (κ2) is 8.59. The molecule has 0 bridgehead atoms. The maximum atomic E-state index is 14.9. The molecule has 5 rings (SSSR count). The Hall–Kier alpha value is -3.44. The predicted octanol–water partition coefficient (Wildman–Crippen LogP) is 3.97. The standard InChI is InChI=1S/C25H21F4N3O3S/c1-13-6-15-9-19(27)23(36(30,34)35)10-22(15)32(13)25(33)16-11-31(12-16)24-20(28)7-14(8-21(24)29)17-4-2-3-5-18(17)26/h2-5,7-10,13,16H,6,11-12H2,1H3,(H2,30,34,35)/t13-/m1/s1. The third kappa shape index (κ3) is 4.01. The van der Waals surface area contributed by atoms with Crippen LogP contribution in [0.25, 0.3) is 11.1 Å². The highest BCUT2D eigenvalue weighted by atomic mass is 32.2. The summed E-state index contributed by atoms with van der Waals surface area (Å²) in [5.74, 6) is -4.35. The Morgan fingerprint density at radius 2 is 1.58 bits per heavy atom. The van der Waals surface area contributed by atoms with Crippen LogP contribution < -0.4 is 14.9 Å². The van der Waals surface area contributed by atoms with Gasteiger partial charge in [-0.2, -0.15) is 0 Å². The van der Waals surface area contributed by atoms with Crippen molar-refractivity contribution in [2.45, 2.75) is 24.3 Å². The number of rotatable bonds is 4. The van der Waals surface area contributed by atoms with Gasteiger partial charge in [-0.1, -0.05) is 18.2 Å². The molecule has 0 aliphatic carbocycles. The molecule has 36 heavy (non-hydrogen) atoms. The normalized spacial score (nSPS) is 17.8. The third-order valence-corrected chi connectivity index (χ3v) is 7.57. The molecule has 1 atom stereocenters. The number of carbonyl (C=O) groups excluding carboxylic acids is 1. The number of sulfonamides is 1. The highest BCUT2D eigenvalue weighted by Gasteiger charge is 2.42. The highest BCUT2D eigenvalue weighted by Crippen LogP contribution is 2.39. The van der Waals surface area contributed by atoms with Gasteiger partial charge in [0.05, 0.1) is 5.92 Å². The van der Waals surface area contributed by atoms with E-state index in [0.717, 1.165) is 24.3 Å². The van der Waals surface area contributed by atoms with Gasteiger partial charge in [0.2, 0.25) is 15.9 Å². The van der Waals surface area contributed by atoms with Crippen molar-refractivity contribution in [3.05, 3.63) is 77.4 Å². The number of anilines is 2. The molecular formula is C25H21F4N3O3S. The summed E-state index contributed by atoms with van der Waals surface area (Å²) in [4.78, 5) is 15.3. The third-order valence-electron chi connectivity index (χ3n) is 6.64. The molecule has 2 aliphatic rings. The summed E-state index contributed by atoms with van der Waals surface area (Å²) in [5, 5.41) is 5.10. The number of primary sulfonamides is 1. The summed E-state index contributed by atoms with van der Waals surface area (Å²) in [6, 6.07) is 9.50. The van der Waals surface area contributed by atoms with Gasteiger partial charge in [0.25, 0.3) is 0 Å². The van der Waals surface area contributed by atoms with Crippen LogP contribution in [0.1, 0.15) is 12.5 Å². The zero-order valence-corrected chi connectivity index (χ0v) is 19.8. The van der Waals surface area contributed by atoms with Crippen molar-refractivity contribution in [1.82, 2.24) is 0 Å². The van der Waals surface area contributed by atoms with Crippen molar-refractivity contribution in [1.29, 1.82) is 0 Å². The van der Waals surface area contributed by atoms with Crippen molar-refractivity contribution in [3.8, 4) is 11.1 Å². The van der Waals surface area contributed by atoms with Crippen LogP contribution in [0.3, 0.4) is 0 Å². The molecule has 0 unspecified atom stereocenters. The first-order chi connectivity index (χ1) is 17.0. The second-order valence-corrected chi connectivity index (χ2v) is 10.6. The predicted molar refractivity (Wildman–Crippen MR) is 126 cm³/mol. The Balaban J connectivity index is 1.37. The summed E-state index contributed by atoms with van der Waals surface area (Å²) in [5.41, 5.74) is 0.532. The molecule has 6 nitrogen and oxygen atoms in total. The molecule has 0 aromatic heterocycles. The lowest BCUT2D eigenvalue weighted by Crippen LogP contribution is -2.56. The molecule has 188 valence electrons. The Labute approximate surface area is 205 Å². The summed E-state index contributed by atoms with van der Waals surface area (Å²) < 4.78 is 81.5. The van der Waals surface area contributed by atoms with Crippen molar-refractivity contribution in [2.75, 3.05) is 22.9 Å². The van der Waals surface area contributed by atoms with Crippen LogP contribution in [0.5, 0.6) is 0 Å². The molecule has 3 aromatic carbocycles. The molecule has 2 aliphatic heterocycles. The number of hydrogen-bond donors (Lipinski definition) is 1. The Morgan fingerprint density at radius 1 is 0.944 bits per heavy atom. The number of halogens is 4. The van der Waals surface area contributed by atoms with E-state index in [2.05, 4.69) is 0 Å². The molecular weight excluding hydrogens is 498 g/mol. The number of fused-ring (bicyclic) bond motifs is 1. The molecule has 2 heterocycles. The van der Waals surface area contributed by atoms with E-state index in [1.165, 1.54) is 28.0 Å². The highest BCUT2D eigenvalue weighted by molar-refractivity contribution is 7.89. The fourth-order valence-corrected chi connectivity index (χ4v) is 5.51. The largest absolute Gasteiger partial charge is 0.365 e. The lowest BCUT2D eigenvalue weighted by molar-refractivity contribution is -0.123. The smallest absolute Gasteiger partial charge is 0.241 e. The molecule has 1 fully saturated rings. The Kier molecular flexibility index (Phi) is 5.79. The van der Waals surface area contributed by atoms with Crippen molar-refractivity contribution < 1.29 is 30.8 Å². The minimum Gasteiger partial charge on any atom is -0.365 e. The van der Waals surface area contributed by atoms with E-state index in [4.69, 9.17) is 5.14 Å². The van der Waals surface area contributed by atoms with Gasteiger partial charge >= 0.3 is 0 Å². The first-order valence-corrected chi connectivity index (χ1v) is 12.7. The average Bonchev–Trinajstić information content (AvgIpc) is 3.07. The van der Waals surface area contributed by atoms with Gasteiger partial charge in [0.1, 0.15) is 33.9 Å². The fraction of sp³-hybridized carbons (Fsp3) is 0.240. The zero-order chi connectivity index (χ0) is 25.9. The summed E-state index contributed by atoms with van der Waals surface area (Å²) >= 11 is 0. The van der Waals surface area contributed by atoms with E-state index in [0.29, 0.717) is 12.0 Å². The monoisotopic (exact) mass is 519 g/mol.